The van der Waals surface area contributed by atoms with Gasteiger partial charge in [0.15, 0.2) is 0 Å². The average molecular weight is 284 g/mol. The van der Waals surface area contributed by atoms with E-state index in [9.17, 15) is 4.79 Å². The summed E-state index contributed by atoms with van der Waals surface area (Å²) in [7, 11) is 0. The van der Waals surface area contributed by atoms with Crippen LogP contribution in [0.25, 0.3) is 0 Å². The van der Waals surface area contributed by atoms with Crippen LogP contribution in [0.3, 0.4) is 0 Å². The van der Waals surface area contributed by atoms with E-state index in [4.69, 9.17) is 4.74 Å². The van der Waals surface area contributed by atoms with Gasteiger partial charge in [0.25, 0.3) is 0 Å². The number of hydrogen-bond donors (Lipinski definition) is 0. The maximum Gasteiger partial charge on any atom is 0.305 e. The van der Waals surface area contributed by atoms with Gasteiger partial charge in [-0.05, 0) is 18.8 Å². The fourth-order valence-corrected chi connectivity index (χ4v) is 2.32. The summed E-state index contributed by atoms with van der Waals surface area (Å²) in [6.07, 6.45) is 14.1. The molecule has 0 saturated carbocycles. The number of carbonyl (C=O) groups excluding carboxylic acids is 1. The minimum absolute atomic E-state index is 0.00121. The largest absolute Gasteiger partial charge is 0.466 e. The molecular formula is C18H36O2. The van der Waals surface area contributed by atoms with E-state index in [0.29, 0.717) is 13.0 Å². The topological polar surface area (TPSA) is 26.3 Å². The molecule has 0 aliphatic heterocycles. The zero-order valence-electron chi connectivity index (χ0n) is 14.1. The smallest absolute Gasteiger partial charge is 0.305 e. The lowest BCUT2D eigenvalue weighted by atomic mass is 10.0. The van der Waals surface area contributed by atoms with Gasteiger partial charge < -0.3 is 4.74 Å². The van der Waals surface area contributed by atoms with Crippen LogP contribution in [0, 0.1) is 5.92 Å². The predicted octanol–water partition coefficient (Wildman–Crippen LogP) is 5.89. The van der Waals surface area contributed by atoms with E-state index in [0.717, 1.165) is 18.8 Å². The molecule has 20 heavy (non-hydrogen) atoms. The third kappa shape index (κ3) is 15.5. The minimum atomic E-state index is 0.00121. The Bertz CT molecular complexity index is 211. The first kappa shape index (κ1) is 19.5. The van der Waals surface area contributed by atoms with Crippen LogP contribution in [0.5, 0.6) is 0 Å². The van der Waals surface area contributed by atoms with Crippen LogP contribution in [0.2, 0.25) is 0 Å². The summed E-state index contributed by atoms with van der Waals surface area (Å²) in [5.41, 5.74) is 0. The molecule has 0 aromatic rings. The van der Waals surface area contributed by atoms with Gasteiger partial charge in [-0.2, -0.15) is 0 Å². The second kappa shape index (κ2) is 14.9. The first-order chi connectivity index (χ1) is 9.66. The number of rotatable bonds is 14. The van der Waals surface area contributed by atoms with E-state index in [1.807, 2.05) is 0 Å². The molecule has 0 atom stereocenters. The molecule has 0 aromatic heterocycles. The average Bonchev–Trinajstić information content (AvgIpc) is 2.41. The maximum atomic E-state index is 11.5. The van der Waals surface area contributed by atoms with Crippen LogP contribution in [0.1, 0.15) is 97.8 Å². The molecular weight excluding hydrogens is 248 g/mol. The minimum Gasteiger partial charge on any atom is -0.466 e. The van der Waals surface area contributed by atoms with Crippen molar-refractivity contribution in [1.82, 2.24) is 0 Å². The van der Waals surface area contributed by atoms with E-state index >= 15 is 0 Å². The third-order valence-electron chi connectivity index (χ3n) is 3.67. The lowest BCUT2D eigenvalue weighted by Crippen LogP contribution is -2.05. The van der Waals surface area contributed by atoms with Crippen LogP contribution < -0.4 is 0 Å². The summed E-state index contributed by atoms with van der Waals surface area (Å²) in [5.74, 6) is 0.828. The molecule has 0 rings (SSSR count). The molecule has 0 radical (unpaired) electrons. The SMILES string of the molecule is CCCCCCCC(=O)OCCCCCCCC(C)C. The third-order valence-corrected chi connectivity index (χ3v) is 3.67. The number of carbonyl (C=O) groups is 1. The number of unbranched alkanes of at least 4 members (excludes halogenated alkanes) is 8. The van der Waals surface area contributed by atoms with Crippen LogP contribution >= 0.6 is 0 Å². The highest BCUT2D eigenvalue weighted by Gasteiger charge is 2.02. The quantitative estimate of drug-likeness (QED) is 0.294. The van der Waals surface area contributed by atoms with Crippen molar-refractivity contribution >= 4 is 5.97 Å². The molecule has 0 bridgehead atoms. The summed E-state index contributed by atoms with van der Waals surface area (Å²) in [6, 6.07) is 0. The number of ether oxygens (including phenoxy) is 1. The lowest BCUT2D eigenvalue weighted by Gasteiger charge is -2.06. The van der Waals surface area contributed by atoms with Crippen LogP contribution in [-0.4, -0.2) is 12.6 Å². The number of hydrogen-bond acceptors (Lipinski definition) is 2. The Kier molecular flexibility index (Phi) is 14.5. The van der Waals surface area contributed by atoms with E-state index in [-0.39, 0.29) is 5.97 Å². The highest BCUT2D eigenvalue weighted by molar-refractivity contribution is 5.69. The van der Waals surface area contributed by atoms with Crippen molar-refractivity contribution in [3.05, 3.63) is 0 Å². The van der Waals surface area contributed by atoms with Gasteiger partial charge in [0, 0.05) is 6.42 Å². The zero-order valence-corrected chi connectivity index (χ0v) is 14.1. The normalized spacial score (nSPS) is 11.0. The van der Waals surface area contributed by atoms with Gasteiger partial charge in [-0.1, -0.05) is 78.6 Å². The van der Waals surface area contributed by atoms with Gasteiger partial charge in [-0.3, -0.25) is 4.79 Å². The maximum absolute atomic E-state index is 11.5. The molecule has 0 N–H and O–H groups in total. The molecule has 0 fully saturated rings. The van der Waals surface area contributed by atoms with Gasteiger partial charge in [0.2, 0.25) is 0 Å². The van der Waals surface area contributed by atoms with Crippen molar-refractivity contribution in [2.45, 2.75) is 97.8 Å². The molecule has 0 unspecified atom stereocenters. The Morgan fingerprint density at radius 2 is 1.45 bits per heavy atom. The summed E-state index contributed by atoms with van der Waals surface area (Å²) < 4.78 is 5.25. The van der Waals surface area contributed by atoms with Crippen LogP contribution in [-0.2, 0) is 9.53 Å². The van der Waals surface area contributed by atoms with Crippen molar-refractivity contribution in [3.8, 4) is 0 Å². The molecule has 0 saturated heterocycles. The van der Waals surface area contributed by atoms with Crippen molar-refractivity contribution in [1.29, 1.82) is 0 Å². The highest BCUT2D eigenvalue weighted by atomic mass is 16.5. The molecule has 0 amide bonds. The van der Waals surface area contributed by atoms with Gasteiger partial charge in [-0.15, -0.1) is 0 Å². The number of esters is 1. The van der Waals surface area contributed by atoms with Crippen LogP contribution in [0.4, 0.5) is 0 Å². The van der Waals surface area contributed by atoms with E-state index in [1.165, 1.54) is 57.8 Å². The molecule has 0 aromatic carbocycles. The molecule has 0 heterocycles. The predicted molar refractivity (Wildman–Crippen MR) is 86.9 cm³/mol. The highest BCUT2D eigenvalue weighted by Crippen LogP contribution is 2.11. The Labute approximate surface area is 126 Å². The lowest BCUT2D eigenvalue weighted by molar-refractivity contribution is -0.143. The summed E-state index contributed by atoms with van der Waals surface area (Å²) >= 11 is 0. The van der Waals surface area contributed by atoms with Crippen molar-refractivity contribution in [2.75, 3.05) is 6.61 Å². The molecule has 0 aliphatic carbocycles. The monoisotopic (exact) mass is 284 g/mol. The van der Waals surface area contributed by atoms with Gasteiger partial charge in [-0.25, -0.2) is 0 Å². The Hall–Kier alpha value is -0.530. The molecule has 0 spiro atoms. The van der Waals surface area contributed by atoms with Gasteiger partial charge in [0.05, 0.1) is 6.61 Å². The van der Waals surface area contributed by atoms with Crippen molar-refractivity contribution in [3.63, 3.8) is 0 Å². The first-order valence-corrected chi connectivity index (χ1v) is 8.82. The standard InChI is InChI=1S/C18H36O2/c1-4-5-6-8-12-15-18(19)20-16-13-10-7-9-11-14-17(2)3/h17H,4-16H2,1-3H3. The van der Waals surface area contributed by atoms with E-state index < -0.39 is 0 Å². The fraction of sp³-hybridized carbons (Fsp3) is 0.944. The van der Waals surface area contributed by atoms with E-state index in [1.54, 1.807) is 0 Å². The Balaban J connectivity index is 3.15. The van der Waals surface area contributed by atoms with Gasteiger partial charge >= 0.3 is 5.97 Å². The summed E-state index contributed by atoms with van der Waals surface area (Å²) in [6.45, 7) is 7.39. The molecule has 0 aliphatic rings. The van der Waals surface area contributed by atoms with Gasteiger partial charge in [0.1, 0.15) is 0 Å². The van der Waals surface area contributed by atoms with Crippen molar-refractivity contribution in [2.24, 2.45) is 5.92 Å². The first-order valence-electron chi connectivity index (χ1n) is 8.82. The molecule has 2 heteroatoms. The second-order valence-corrected chi connectivity index (χ2v) is 6.33. The zero-order chi connectivity index (χ0) is 15.1. The van der Waals surface area contributed by atoms with Crippen LogP contribution in [0.15, 0.2) is 0 Å². The van der Waals surface area contributed by atoms with E-state index in [2.05, 4.69) is 20.8 Å². The summed E-state index contributed by atoms with van der Waals surface area (Å²) in [4.78, 5) is 11.5. The fourth-order valence-electron chi connectivity index (χ4n) is 2.32. The molecule has 120 valence electrons. The Morgan fingerprint density at radius 1 is 0.850 bits per heavy atom. The second-order valence-electron chi connectivity index (χ2n) is 6.33. The van der Waals surface area contributed by atoms with Crippen molar-refractivity contribution < 1.29 is 9.53 Å². The summed E-state index contributed by atoms with van der Waals surface area (Å²) in [5, 5.41) is 0. The molecule has 2 nitrogen and oxygen atoms in total. The Morgan fingerprint density at radius 3 is 2.15 bits per heavy atom.